The summed E-state index contributed by atoms with van der Waals surface area (Å²) in [5, 5.41) is 2.74. The van der Waals surface area contributed by atoms with E-state index >= 15 is 0 Å². The number of rotatable bonds is 4. The fraction of sp³-hybridized carbons (Fsp3) is 0.312. The number of hydrogen-bond donors (Lipinski definition) is 0. The van der Waals surface area contributed by atoms with Crippen LogP contribution in [0, 0.1) is 0 Å². The molecule has 0 atom stereocenters. The second-order valence-electron chi connectivity index (χ2n) is 5.35. The van der Waals surface area contributed by atoms with Gasteiger partial charge in [-0.25, -0.2) is 14.8 Å². The molecule has 5 nitrogen and oxygen atoms in total. The van der Waals surface area contributed by atoms with Crippen molar-refractivity contribution in [3.05, 3.63) is 43.2 Å². The molecular weight excluding hydrogens is 332 g/mol. The smallest absolute Gasteiger partial charge is 0.363 e. The van der Waals surface area contributed by atoms with Crippen molar-refractivity contribution < 1.29 is 14.3 Å². The minimum absolute atomic E-state index is 0.294. The van der Waals surface area contributed by atoms with Crippen LogP contribution in [-0.2, 0) is 33.7 Å². The first-order chi connectivity index (χ1) is 11.2. The van der Waals surface area contributed by atoms with Crippen LogP contribution in [0.25, 0.3) is 6.08 Å². The van der Waals surface area contributed by atoms with E-state index in [-0.39, 0.29) is 0 Å². The fourth-order valence-electron chi connectivity index (χ4n) is 2.67. The topological polar surface area (TPSA) is 60.8 Å². The Bertz CT molecular complexity index is 811. The number of cyclic esters (lactones) is 1. The van der Waals surface area contributed by atoms with E-state index < -0.39 is 5.97 Å². The molecule has 4 rings (SSSR count). The van der Waals surface area contributed by atoms with E-state index in [9.17, 15) is 4.79 Å². The number of methoxy groups -OCH3 is 1. The predicted octanol–water partition coefficient (Wildman–Crippen LogP) is 3.18. The number of carbonyl (C=O) groups excluding carboxylic acids is 1. The third-order valence-electron chi connectivity index (χ3n) is 3.70. The summed E-state index contributed by atoms with van der Waals surface area (Å²) >= 11 is 3.17. The molecule has 0 unspecified atom stereocenters. The van der Waals surface area contributed by atoms with Crippen LogP contribution >= 0.6 is 22.7 Å². The van der Waals surface area contributed by atoms with E-state index in [1.165, 1.54) is 28.2 Å². The number of ether oxygens (including phenoxy) is 2. The minimum atomic E-state index is -0.421. The number of esters is 1. The number of carbonyl (C=O) groups is 1. The van der Waals surface area contributed by atoms with Crippen LogP contribution in [-0.4, -0.2) is 24.0 Å². The quantitative estimate of drug-likeness (QED) is 0.630. The van der Waals surface area contributed by atoms with Crippen LogP contribution < -0.4 is 0 Å². The molecule has 118 valence electrons. The van der Waals surface area contributed by atoms with E-state index in [1.807, 2.05) is 5.38 Å². The zero-order chi connectivity index (χ0) is 15.8. The minimum Gasteiger partial charge on any atom is -0.401 e. The SMILES string of the molecule is COCc1nc(/C=C2/N=C(c3cc4c(s3)CCC4)OC2=O)cs1. The lowest BCUT2D eigenvalue weighted by Crippen LogP contribution is -2.03. The van der Waals surface area contributed by atoms with Gasteiger partial charge in [0, 0.05) is 17.4 Å². The van der Waals surface area contributed by atoms with Gasteiger partial charge in [0.15, 0.2) is 5.70 Å². The zero-order valence-electron chi connectivity index (χ0n) is 12.5. The molecule has 0 aromatic carbocycles. The molecule has 0 bridgehead atoms. The molecule has 3 heterocycles. The molecule has 1 aliphatic heterocycles. The largest absolute Gasteiger partial charge is 0.401 e. The van der Waals surface area contributed by atoms with E-state index in [0.717, 1.165) is 22.7 Å². The Morgan fingerprint density at radius 1 is 1.43 bits per heavy atom. The van der Waals surface area contributed by atoms with E-state index in [0.29, 0.717) is 23.9 Å². The van der Waals surface area contributed by atoms with Crippen molar-refractivity contribution in [3.8, 4) is 0 Å². The molecule has 23 heavy (non-hydrogen) atoms. The van der Waals surface area contributed by atoms with Crippen LogP contribution in [0.4, 0.5) is 0 Å². The molecule has 0 N–H and O–H groups in total. The first kappa shape index (κ1) is 14.7. The van der Waals surface area contributed by atoms with Gasteiger partial charge in [0.25, 0.3) is 0 Å². The lowest BCUT2D eigenvalue weighted by atomic mass is 10.2. The Hall–Kier alpha value is -1.83. The Balaban J connectivity index is 1.59. The molecule has 0 saturated heterocycles. The standard InChI is InChI=1S/C16H14N2O3S2/c1-20-7-14-17-10(8-22-14)6-11-16(19)21-15(18-11)13-5-9-3-2-4-12(9)23-13/h5-6,8H,2-4,7H2,1H3/b11-6+. The molecule has 0 radical (unpaired) electrons. The predicted molar refractivity (Wildman–Crippen MR) is 89.8 cm³/mol. The van der Waals surface area contributed by atoms with Crippen molar-refractivity contribution >= 4 is 40.6 Å². The van der Waals surface area contributed by atoms with Gasteiger partial charge in [0.05, 0.1) is 17.2 Å². The highest BCUT2D eigenvalue weighted by Gasteiger charge is 2.27. The maximum atomic E-state index is 12.0. The summed E-state index contributed by atoms with van der Waals surface area (Å²) < 4.78 is 10.4. The molecule has 2 aliphatic rings. The molecule has 1 aliphatic carbocycles. The van der Waals surface area contributed by atoms with Crippen LogP contribution in [0.3, 0.4) is 0 Å². The first-order valence-corrected chi connectivity index (χ1v) is 9.00. The third-order valence-corrected chi connectivity index (χ3v) is 5.77. The van der Waals surface area contributed by atoms with Gasteiger partial charge in [0.1, 0.15) is 5.01 Å². The molecule has 0 amide bonds. The van der Waals surface area contributed by atoms with Crippen molar-refractivity contribution in [1.29, 1.82) is 0 Å². The summed E-state index contributed by atoms with van der Waals surface area (Å²) in [5.41, 5.74) is 2.36. The molecule has 0 saturated carbocycles. The van der Waals surface area contributed by atoms with Gasteiger partial charge in [-0.3, -0.25) is 0 Å². The first-order valence-electron chi connectivity index (χ1n) is 7.31. The Morgan fingerprint density at radius 2 is 2.35 bits per heavy atom. The van der Waals surface area contributed by atoms with Crippen molar-refractivity contribution in [2.45, 2.75) is 25.9 Å². The fourth-order valence-corrected chi connectivity index (χ4v) is 4.57. The molecule has 2 aromatic heterocycles. The monoisotopic (exact) mass is 346 g/mol. The van der Waals surface area contributed by atoms with E-state index in [4.69, 9.17) is 9.47 Å². The van der Waals surface area contributed by atoms with Crippen molar-refractivity contribution in [2.75, 3.05) is 7.11 Å². The van der Waals surface area contributed by atoms with Gasteiger partial charge in [-0.1, -0.05) is 0 Å². The van der Waals surface area contributed by atoms with Crippen molar-refractivity contribution in [2.24, 2.45) is 4.99 Å². The number of fused-ring (bicyclic) bond motifs is 1. The molecule has 0 spiro atoms. The highest BCUT2D eigenvalue weighted by Crippen LogP contribution is 2.32. The van der Waals surface area contributed by atoms with Crippen LogP contribution in [0.5, 0.6) is 0 Å². The summed E-state index contributed by atoms with van der Waals surface area (Å²) in [7, 11) is 1.63. The summed E-state index contributed by atoms with van der Waals surface area (Å²) in [6.45, 7) is 0.466. The maximum absolute atomic E-state index is 12.0. The average Bonchev–Trinajstić information content (AvgIpc) is 3.24. The highest BCUT2D eigenvalue weighted by atomic mass is 32.1. The summed E-state index contributed by atoms with van der Waals surface area (Å²) in [6, 6.07) is 2.10. The van der Waals surface area contributed by atoms with Gasteiger partial charge in [0.2, 0.25) is 5.90 Å². The third kappa shape index (κ3) is 2.87. The summed E-state index contributed by atoms with van der Waals surface area (Å²) in [4.78, 5) is 23.1. The number of thiazole rings is 1. The number of aryl methyl sites for hydroxylation is 2. The number of thiophene rings is 1. The lowest BCUT2D eigenvalue weighted by molar-refractivity contribution is -0.129. The van der Waals surface area contributed by atoms with Gasteiger partial charge in [-0.2, -0.15) is 0 Å². The maximum Gasteiger partial charge on any atom is 0.363 e. The lowest BCUT2D eigenvalue weighted by Gasteiger charge is -1.94. The molecule has 2 aromatic rings. The second kappa shape index (κ2) is 5.99. The van der Waals surface area contributed by atoms with Crippen LogP contribution in [0.1, 0.15) is 32.4 Å². The number of hydrogen-bond acceptors (Lipinski definition) is 7. The van der Waals surface area contributed by atoms with Crippen molar-refractivity contribution in [3.63, 3.8) is 0 Å². The Labute approximate surface area is 141 Å². The molecular formula is C16H14N2O3S2. The highest BCUT2D eigenvalue weighted by molar-refractivity contribution is 7.14. The number of nitrogens with zero attached hydrogens (tertiary/aromatic N) is 2. The second-order valence-corrected chi connectivity index (χ2v) is 7.43. The Kier molecular flexibility index (Phi) is 3.84. The van der Waals surface area contributed by atoms with Crippen molar-refractivity contribution in [1.82, 2.24) is 4.98 Å². The zero-order valence-corrected chi connectivity index (χ0v) is 14.1. The van der Waals surface area contributed by atoms with E-state index in [2.05, 4.69) is 16.0 Å². The Morgan fingerprint density at radius 3 is 3.17 bits per heavy atom. The number of aromatic nitrogens is 1. The van der Waals surface area contributed by atoms with Crippen LogP contribution in [0.2, 0.25) is 0 Å². The van der Waals surface area contributed by atoms with Gasteiger partial charge < -0.3 is 9.47 Å². The molecule has 7 heteroatoms. The van der Waals surface area contributed by atoms with Gasteiger partial charge in [-0.05, 0) is 37.0 Å². The normalized spacial score (nSPS) is 18.4. The van der Waals surface area contributed by atoms with E-state index in [1.54, 1.807) is 24.5 Å². The number of aliphatic imine (C=N–C) groups is 1. The van der Waals surface area contributed by atoms with Gasteiger partial charge in [-0.15, -0.1) is 22.7 Å². The molecule has 0 fully saturated rings. The van der Waals surface area contributed by atoms with Gasteiger partial charge >= 0.3 is 5.97 Å². The summed E-state index contributed by atoms with van der Waals surface area (Å²) in [6.07, 6.45) is 5.10. The van der Waals surface area contributed by atoms with Crippen LogP contribution in [0.15, 0.2) is 22.1 Å². The average molecular weight is 346 g/mol. The summed E-state index contributed by atoms with van der Waals surface area (Å²) in [5.74, 6) is -0.0113.